The van der Waals surface area contributed by atoms with Crippen LogP contribution in [0.25, 0.3) is 0 Å². The van der Waals surface area contributed by atoms with Crippen molar-refractivity contribution in [3.05, 3.63) is 11.1 Å². The van der Waals surface area contributed by atoms with Gasteiger partial charge in [0.25, 0.3) is 0 Å². The summed E-state index contributed by atoms with van der Waals surface area (Å²) in [4.78, 5) is 15.7. The molecule has 0 spiro atoms. The molecule has 82 valence electrons. The van der Waals surface area contributed by atoms with Gasteiger partial charge in [-0.2, -0.15) is 0 Å². The molecule has 1 saturated carbocycles. The molecule has 0 atom stereocenters. The van der Waals surface area contributed by atoms with Crippen molar-refractivity contribution in [3.63, 3.8) is 0 Å². The largest absolute Gasteiger partial charge is 0.338 e. The Morgan fingerprint density at radius 3 is 3.13 bits per heavy atom. The minimum atomic E-state index is -0.159. The zero-order valence-electron chi connectivity index (χ0n) is 8.75. The van der Waals surface area contributed by atoms with Gasteiger partial charge in [0, 0.05) is 17.8 Å². The summed E-state index contributed by atoms with van der Waals surface area (Å²) >= 11 is 1.50. The Kier molecular flexibility index (Phi) is 3.20. The Morgan fingerprint density at radius 1 is 1.67 bits per heavy atom. The molecule has 2 N–H and O–H groups in total. The van der Waals surface area contributed by atoms with E-state index in [1.807, 2.05) is 12.3 Å². The van der Waals surface area contributed by atoms with Crippen molar-refractivity contribution < 1.29 is 4.79 Å². The normalized spacial score (nSPS) is 15.0. The molecule has 0 radical (unpaired) electrons. The van der Waals surface area contributed by atoms with Gasteiger partial charge in [-0.3, -0.25) is 5.32 Å². The van der Waals surface area contributed by atoms with Gasteiger partial charge in [-0.1, -0.05) is 6.92 Å². The fourth-order valence-electron chi connectivity index (χ4n) is 1.29. The summed E-state index contributed by atoms with van der Waals surface area (Å²) in [6.45, 7) is 2.72. The Balaban J connectivity index is 1.84. The molecule has 2 rings (SSSR count). The van der Waals surface area contributed by atoms with Crippen LogP contribution >= 0.6 is 11.3 Å². The van der Waals surface area contributed by atoms with Crippen LogP contribution in [0.5, 0.6) is 0 Å². The molecule has 1 heterocycles. The van der Waals surface area contributed by atoms with Crippen LogP contribution in [-0.4, -0.2) is 17.6 Å². The molecule has 15 heavy (non-hydrogen) atoms. The predicted octanol–water partition coefficient (Wildman–Crippen LogP) is 2.55. The molecule has 4 nitrogen and oxygen atoms in total. The summed E-state index contributed by atoms with van der Waals surface area (Å²) in [6.07, 6.45) is 3.43. The summed E-state index contributed by atoms with van der Waals surface area (Å²) in [7, 11) is 0. The van der Waals surface area contributed by atoms with E-state index in [9.17, 15) is 4.79 Å². The van der Waals surface area contributed by atoms with Crippen molar-refractivity contribution in [3.8, 4) is 0 Å². The van der Waals surface area contributed by atoms with Crippen molar-refractivity contribution in [1.82, 2.24) is 10.3 Å². The summed E-state index contributed by atoms with van der Waals surface area (Å²) in [5.41, 5.74) is 1.13. The number of hydrogen-bond donors (Lipinski definition) is 2. The number of carbonyl (C=O) groups excluding carboxylic acids is 1. The van der Waals surface area contributed by atoms with Gasteiger partial charge < -0.3 is 5.32 Å². The standard InChI is InChI=1S/C10H15N3OS/c1-2-5-11-9(14)13-10-12-8(6-15-10)7-3-4-7/h6-7H,2-5H2,1H3,(H2,11,12,13,14). The van der Waals surface area contributed by atoms with Gasteiger partial charge in [0.15, 0.2) is 5.13 Å². The molecule has 1 aromatic rings. The van der Waals surface area contributed by atoms with E-state index in [-0.39, 0.29) is 6.03 Å². The Labute approximate surface area is 93.1 Å². The van der Waals surface area contributed by atoms with Crippen LogP contribution in [0.1, 0.15) is 37.8 Å². The third-order valence-corrected chi connectivity index (χ3v) is 3.05. The Hall–Kier alpha value is -1.10. The third kappa shape index (κ3) is 2.92. The molecule has 5 heteroatoms. The Morgan fingerprint density at radius 2 is 2.47 bits per heavy atom. The number of anilines is 1. The van der Waals surface area contributed by atoms with Gasteiger partial charge in [-0.05, 0) is 19.3 Å². The molecule has 0 aromatic carbocycles. The molecule has 1 aliphatic rings. The fourth-order valence-corrected chi connectivity index (χ4v) is 2.08. The van der Waals surface area contributed by atoms with Crippen LogP contribution in [0, 0.1) is 0 Å². The average Bonchev–Trinajstić information content (AvgIpc) is 2.98. The number of nitrogens with zero attached hydrogens (tertiary/aromatic N) is 1. The molecule has 1 fully saturated rings. The summed E-state index contributed by atoms with van der Waals surface area (Å²) in [5, 5.41) is 8.22. The third-order valence-electron chi connectivity index (χ3n) is 2.27. The fraction of sp³-hybridized carbons (Fsp3) is 0.600. The topological polar surface area (TPSA) is 54.0 Å². The van der Waals surface area contributed by atoms with Crippen molar-refractivity contribution in [2.45, 2.75) is 32.1 Å². The number of rotatable bonds is 4. The van der Waals surface area contributed by atoms with Crippen molar-refractivity contribution >= 4 is 22.5 Å². The van der Waals surface area contributed by atoms with Gasteiger partial charge in [-0.15, -0.1) is 11.3 Å². The first-order valence-electron chi connectivity index (χ1n) is 5.30. The average molecular weight is 225 g/mol. The Bertz CT molecular complexity index is 346. The predicted molar refractivity (Wildman–Crippen MR) is 61.4 cm³/mol. The van der Waals surface area contributed by atoms with Crippen LogP contribution < -0.4 is 10.6 Å². The molecule has 0 unspecified atom stereocenters. The summed E-state index contributed by atoms with van der Waals surface area (Å²) in [6, 6.07) is -0.159. The van der Waals surface area contributed by atoms with Gasteiger partial charge >= 0.3 is 6.03 Å². The van der Waals surface area contributed by atoms with E-state index < -0.39 is 0 Å². The number of hydrogen-bond acceptors (Lipinski definition) is 3. The van der Waals surface area contributed by atoms with Crippen LogP contribution in [0.4, 0.5) is 9.93 Å². The second-order valence-electron chi connectivity index (χ2n) is 3.73. The molecule has 0 saturated heterocycles. The molecular formula is C10H15N3OS. The second kappa shape index (κ2) is 4.61. The summed E-state index contributed by atoms with van der Waals surface area (Å²) < 4.78 is 0. The van der Waals surface area contributed by atoms with E-state index in [4.69, 9.17) is 0 Å². The maximum Gasteiger partial charge on any atom is 0.321 e. The van der Waals surface area contributed by atoms with Crippen LogP contribution in [0.3, 0.4) is 0 Å². The first-order valence-corrected chi connectivity index (χ1v) is 6.18. The maximum atomic E-state index is 11.3. The van der Waals surface area contributed by atoms with E-state index in [0.29, 0.717) is 17.6 Å². The first kappa shape index (κ1) is 10.4. The van der Waals surface area contributed by atoms with Crippen molar-refractivity contribution in [1.29, 1.82) is 0 Å². The molecule has 2 amide bonds. The monoisotopic (exact) mass is 225 g/mol. The van der Waals surface area contributed by atoms with Crippen molar-refractivity contribution in [2.24, 2.45) is 0 Å². The van der Waals surface area contributed by atoms with E-state index in [1.165, 1.54) is 24.2 Å². The highest BCUT2D eigenvalue weighted by molar-refractivity contribution is 7.13. The lowest BCUT2D eigenvalue weighted by Gasteiger charge is -2.02. The minimum absolute atomic E-state index is 0.159. The zero-order chi connectivity index (χ0) is 10.7. The van der Waals surface area contributed by atoms with Crippen LogP contribution in [0.15, 0.2) is 5.38 Å². The first-order chi connectivity index (χ1) is 7.29. The lowest BCUT2D eigenvalue weighted by molar-refractivity contribution is 0.252. The second-order valence-corrected chi connectivity index (χ2v) is 4.59. The number of nitrogens with one attached hydrogen (secondary N) is 2. The number of amides is 2. The lowest BCUT2D eigenvalue weighted by Crippen LogP contribution is -2.29. The van der Waals surface area contributed by atoms with Gasteiger partial charge in [-0.25, -0.2) is 9.78 Å². The van der Waals surface area contributed by atoms with E-state index in [2.05, 4.69) is 15.6 Å². The number of thiazole rings is 1. The zero-order valence-corrected chi connectivity index (χ0v) is 9.56. The number of carbonyl (C=O) groups is 1. The van der Waals surface area contributed by atoms with E-state index >= 15 is 0 Å². The lowest BCUT2D eigenvalue weighted by atomic mass is 10.3. The smallest absolute Gasteiger partial charge is 0.321 e. The summed E-state index contributed by atoms with van der Waals surface area (Å²) in [5.74, 6) is 0.649. The highest BCUT2D eigenvalue weighted by atomic mass is 32.1. The van der Waals surface area contributed by atoms with Gasteiger partial charge in [0.2, 0.25) is 0 Å². The molecule has 0 bridgehead atoms. The SMILES string of the molecule is CCCNC(=O)Nc1nc(C2CC2)cs1. The maximum absolute atomic E-state index is 11.3. The molecular weight excluding hydrogens is 210 g/mol. The van der Waals surface area contributed by atoms with Crippen LogP contribution in [0.2, 0.25) is 0 Å². The van der Waals surface area contributed by atoms with Crippen LogP contribution in [-0.2, 0) is 0 Å². The van der Waals surface area contributed by atoms with E-state index in [0.717, 1.165) is 12.1 Å². The molecule has 1 aliphatic carbocycles. The number of urea groups is 1. The molecule has 1 aromatic heterocycles. The van der Waals surface area contributed by atoms with Gasteiger partial charge in [0.1, 0.15) is 0 Å². The highest BCUT2D eigenvalue weighted by Gasteiger charge is 2.26. The highest BCUT2D eigenvalue weighted by Crippen LogP contribution is 2.40. The van der Waals surface area contributed by atoms with Crippen molar-refractivity contribution in [2.75, 3.05) is 11.9 Å². The number of aromatic nitrogens is 1. The van der Waals surface area contributed by atoms with E-state index in [1.54, 1.807) is 0 Å². The van der Waals surface area contributed by atoms with Gasteiger partial charge in [0.05, 0.1) is 5.69 Å². The minimum Gasteiger partial charge on any atom is -0.338 e. The molecule has 0 aliphatic heterocycles. The quantitative estimate of drug-likeness (QED) is 0.827.